The van der Waals surface area contributed by atoms with Crippen LogP contribution in [0.2, 0.25) is 0 Å². The molecule has 0 radical (unpaired) electrons. The fraction of sp³-hybridized carbons (Fsp3) is 0.310. The van der Waals surface area contributed by atoms with Crippen molar-refractivity contribution < 1.29 is 13.7 Å². The van der Waals surface area contributed by atoms with E-state index in [4.69, 9.17) is 4.52 Å². The van der Waals surface area contributed by atoms with E-state index in [1.165, 1.54) is 18.9 Å². The quantitative estimate of drug-likeness (QED) is 0.307. The number of amides is 1. The van der Waals surface area contributed by atoms with Gasteiger partial charge in [0.05, 0.1) is 17.4 Å². The molecule has 0 atom stereocenters. The Balaban J connectivity index is 1.20. The van der Waals surface area contributed by atoms with Crippen molar-refractivity contribution in [2.24, 2.45) is 0 Å². The summed E-state index contributed by atoms with van der Waals surface area (Å²) in [4.78, 5) is 35.9. The van der Waals surface area contributed by atoms with Crippen LogP contribution in [0, 0.1) is 5.82 Å². The Morgan fingerprint density at radius 2 is 1.93 bits per heavy atom. The van der Waals surface area contributed by atoms with E-state index in [0.717, 1.165) is 24.3 Å². The maximum Gasteiger partial charge on any atom is 0.292 e. The summed E-state index contributed by atoms with van der Waals surface area (Å²) in [6, 6.07) is 10.7. The summed E-state index contributed by atoms with van der Waals surface area (Å²) in [7, 11) is 0. The number of hydrogen-bond acceptors (Lipinski definition) is 8. The highest BCUT2D eigenvalue weighted by molar-refractivity contribution is 5.91. The molecule has 1 amide bonds. The van der Waals surface area contributed by atoms with Crippen molar-refractivity contribution in [1.82, 2.24) is 35.4 Å². The van der Waals surface area contributed by atoms with Gasteiger partial charge in [0.15, 0.2) is 11.5 Å². The predicted octanol–water partition coefficient (Wildman–Crippen LogP) is 5.04. The number of carbonyl (C=O) groups is 1. The first-order valence-corrected chi connectivity index (χ1v) is 13.2. The highest BCUT2D eigenvalue weighted by atomic mass is 19.1. The van der Waals surface area contributed by atoms with Gasteiger partial charge in [-0.25, -0.2) is 14.4 Å². The number of benzene rings is 1. The number of fused-ring (bicyclic) bond motifs is 1. The van der Waals surface area contributed by atoms with E-state index in [2.05, 4.69) is 46.4 Å². The maximum absolute atomic E-state index is 15.1. The lowest BCUT2D eigenvalue weighted by atomic mass is 9.97. The van der Waals surface area contributed by atoms with Crippen molar-refractivity contribution in [1.29, 1.82) is 0 Å². The molecule has 5 aromatic rings. The third-order valence-electron chi connectivity index (χ3n) is 6.93. The number of H-pyrrole nitrogens is 1. The van der Waals surface area contributed by atoms with E-state index >= 15 is 4.39 Å². The number of hydrogen-bond donors (Lipinski definition) is 2. The molecule has 0 spiro atoms. The average molecular weight is 541 g/mol. The Bertz CT molecular complexity index is 1680. The highest BCUT2D eigenvalue weighted by Crippen LogP contribution is 2.30. The van der Waals surface area contributed by atoms with E-state index < -0.39 is 11.7 Å². The van der Waals surface area contributed by atoms with Gasteiger partial charge < -0.3 is 19.7 Å². The van der Waals surface area contributed by atoms with E-state index in [9.17, 15) is 4.79 Å². The zero-order chi connectivity index (χ0) is 27.9. The monoisotopic (exact) mass is 540 g/mol. The number of aromatic amines is 1. The summed E-state index contributed by atoms with van der Waals surface area (Å²) in [6.45, 7) is 7.80. The lowest BCUT2D eigenvalue weighted by Crippen LogP contribution is -2.24. The topological polar surface area (TPSA) is 126 Å². The van der Waals surface area contributed by atoms with Gasteiger partial charge in [-0.2, -0.15) is 4.98 Å². The molecule has 0 bridgehead atoms. The largest absolute Gasteiger partial charge is 0.370 e. The number of pyridine rings is 2. The minimum Gasteiger partial charge on any atom is -0.370 e. The average Bonchev–Trinajstić information content (AvgIpc) is 3.72. The van der Waals surface area contributed by atoms with Crippen LogP contribution in [-0.2, 0) is 12.0 Å². The second kappa shape index (κ2) is 10.1. The zero-order valence-corrected chi connectivity index (χ0v) is 22.5. The number of anilines is 1. The van der Waals surface area contributed by atoms with E-state index in [-0.39, 0.29) is 17.8 Å². The molecule has 0 saturated carbocycles. The van der Waals surface area contributed by atoms with E-state index in [0.29, 0.717) is 39.7 Å². The third kappa shape index (κ3) is 5.02. The number of rotatable bonds is 6. The Hall–Kier alpha value is -4.67. The minimum absolute atomic E-state index is 0.0244. The van der Waals surface area contributed by atoms with Gasteiger partial charge in [-0.1, -0.05) is 38.1 Å². The van der Waals surface area contributed by atoms with Gasteiger partial charge >= 0.3 is 0 Å². The molecule has 1 saturated heterocycles. The summed E-state index contributed by atoms with van der Waals surface area (Å²) in [5.41, 5.74) is 4.38. The summed E-state index contributed by atoms with van der Waals surface area (Å²) < 4.78 is 20.3. The molecule has 204 valence electrons. The van der Waals surface area contributed by atoms with Gasteiger partial charge in [0, 0.05) is 42.4 Å². The maximum atomic E-state index is 15.1. The summed E-state index contributed by atoms with van der Waals surface area (Å²) in [5, 5.41) is 6.39. The molecule has 0 aliphatic carbocycles. The van der Waals surface area contributed by atoms with Crippen LogP contribution in [0.1, 0.15) is 55.7 Å². The Morgan fingerprint density at radius 3 is 2.62 bits per heavy atom. The van der Waals surface area contributed by atoms with E-state index in [1.807, 2.05) is 39.1 Å². The van der Waals surface area contributed by atoms with E-state index in [1.54, 1.807) is 18.3 Å². The second-order valence-corrected chi connectivity index (χ2v) is 10.9. The Labute approximate surface area is 230 Å². The molecule has 1 aliphatic rings. The normalized spacial score (nSPS) is 13.8. The first kappa shape index (κ1) is 25.6. The minimum atomic E-state index is -0.536. The van der Waals surface area contributed by atoms with Crippen LogP contribution in [0.15, 0.2) is 53.3 Å². The number of nitrogens with one attached hydrogen (secondary N) is 2. The van der Waals surface area contributed by atoms with Gasteiger partial charge in [-0.05, 0) is 42.7 Å². The van der Waals surface area contributed by atoms with Crippen molar-refractivity contribution in [2.45, 2.75) is 45.6 Å². The molecule has 0 unspecified atom stereocenters. The van der Waals surface area contributed by atoms with Crippen LogP contribution in [0.3, 0.4) is 0 Å². The molecule has 1 aliphatic heterocycles. The fourth-order valence-electron chi connectivity index (χ4n) is 4.69. The Morgan fingerprint density at radius 1 is 1.10 bits per heavy atom. The van der Waals surface area contributed by atoms with Crippen LogP contribution in [-0.4, -0.2) is 49.1 Å². The highest BCUT2D eigenvalue weighted by Gasteiger charge is 2.24. The molecule has 11 heteroatoms. The summed E-state index contributed by atoms with van der Waals surface area (Å²) >= 11 is 0. The fourth-order valence-corrected chi connectivity index (χ4v) is 4.69. The molecule has 6 rings (SSSR count). The van der Waals surface area contributed by atoms with Crippen molar-refractivity contribution in [3.05, 3.63) is 71.9 Å². The first-order valence-electron chi connectivity index (χ1n) is 13.2. The summed E-state index contributed by atoms with van der Waals surface area (Å²) in [5.74, 6) is -0.125. The first-order chi connectivity index (χ1) is 19.3. The number of halogens is 1. The van der Waals surface area contributed by atoms with Crippen molar-refractivity contribution in [2.75, 3.05) is 18.0 Å². The predicted molar refractivity (Wildman–Crippen MR) is 148 cm³/mol. The molecule has 1 fully saturated rings. The SMILES string of the molecule is CC(C)(C)c1nc(C(=O)NCc2ccc(-c3ccnc4nc(-c5ccc(N6CCCC6)cn5)[nH]c34)cc2F)no1. The van der Waals surface area contributed by atoms with Crippen LogP contribution in [0.25, 0.3) is 33.8 Å². The zero-order valence-electron chi connectivity index (χ0n) is 22.5. The molecular formula is C29H29FN8O2. The lowest BCUT2D eigenvalue weighted by Gasteiger charge is -2.16. The van der Waals surface area contributed by atoms with Gasteiger partial charge in [-0.15, -0.1) is 0 Å². The van der Waals surface area contributed by atoms with Crippen LogP contribution in [0.5, 0.6) is 0 Å². The second-order valence-electron chi connectivity index (χ2n) is 10.9. The van der Waals surface area contributed by atoms with Crippen LogP contribution >= 0.6 is 0 Å². The summed E-state index contributed by atoms with van der Waals surface area (Å²) in [6.07, 6.45) is 5.93. The molecule has 2 N–H and O–H groups in total. The van der Waals surface area contributed by atoms with Crippen molar-refractivity contribution in [3.63, 3.8) is 0 Å². The van der Waals surface area contributed by atoms with Gasteiger partial charge in [0.2, 0.25) is 5.89 Å². The van der Waals surface area contributed by atoms with Crippen LogP contribution in [0.4, 0.5) is 10.1 Å². The standard InChI is InChI=1S/C29H29FN8O2/c1-29(2,3)28-36-26(37-40-28)27(39)33-15-18-7-6-17(14-21(18)30)20-10-11-31-25-23(20)34-24(35-25)22-9-8-19(16-32-22)38-12-4-5-13-38/h6-11,14,16H,4-5,12-13,15H2,1-3H3,(H,33,39)(H,31,34,35). The smallest absolute Gasteiger partial charge is 0.292 e. The molecular weight excluding hydrogens is 511 g/mol. The lowest BCUT2D eigenvalue weighted by molar-refractivity contribution is 0.0937. The molecule has 40 heavy (non-hydrogen) atoms. The van der Waals surface area contributed by atoms with Gasteiger partial charge in [0.1, 0.15) is 11.5 Å². The van der Waals surface area contributed by atoms with Crippen molar-refractivity contribution in [3.8, 4) is 22.6 Å². The third-order valence-corrected chi connectivity index (χ3v) is 6.93. The number of nitrogens with zero attached hydrogens (tertiary/aromatic N) is 6. The molecule has 4 aromatic heterocycles. The number of imidazole rings is 1. The number of carbonyl (C=O) groups excluding carboxylic acids is 1. The molecule has 5 heterocycles. The number of aromatic nitrogens is 6. The van der Waals surface area contributed by atoms with Gasteiger partial charge in [-0.3, -0.25) is 9.78 Å². The Kier molecular flexibility index (Phi) is 6.49. The van der Waals surface area contributed by atoms with Crippen LogP contribution < -0.4 is 10.2 Å². The van der Waals surface area contributed by atoms with Crippen molar-refractivity contribution >= 4 is 22.8 Å². The molecule has 1 aromatic carbocycles. The van der Waals surface area contributed by atoms with Gasteiger partial charge in [0.25, 0.3) is 11.7 Å². The molecule has 10 nitrogen and oxygen atoms in total.